The predicted molar refractivity (Wildman–Crippen MR) is 148 cm³/mol. The minimum absolute atomic E-state index is 0. The number of carboxylic acids is 1. The second-order valence-corrected chi connectivity index (χ2v) is 9.63. The molecule has 0 heterocycles. The molecule has 0 saturated carbocycles. The largest absolute Gasteiger partial charge is 0.508 e. The number of aromatic hydroxyl groups is 2. The molecule has 0 saturated heterocycles. The number of hydrogen-bond donors (Lipinski definition) is 4. The Labute approximate surface area is 240 Å². The van der Waals surface area contributed by atoms with E-state index in [1.54, 1.807) is 24.3 Å². The minimum atomic E-state index is -1.19. The van der Waals surface area contributed by atoms with Gasteiger partial charge in [0.15, 0.2) is 0 Å². The van der Waals surface area contributed by atoms with Crippen molar-refractivity contribution < 1.29 is 46.9 Å². The van der Waals surface area contributed by atoms with Gasteiger partial charge in [0.25, 0.3) is 0 Å². The number of hydrogen-bond acceptors (Lipinski definition) is 4. The van der Waals surface area contributed by atoms with Crippen LogP contribution in [-0.2, 0) is 37.3 Å². The Kier molecular flexibility index (Phi) is 13.0. The van der Waals surface area contributed by atoms with Gasteiger partial charge in [0, 0.05) is 32.5 Å². The summed E-state index contributed by atoms with van der Waals surface area (Å²) in [6.07, 6.45) is 0. The van der Waals surface area contributed by atoms with Gasteiger partial charge in [0.05, 0.1) is 0 Å². The van der Waals surface area contributed by atoms with Gasteiger partial charge in [-0.3, -0.25) is 0 Å². The maximum Gasteiger partial charge on any atom is 0.329 e. The summed E-state index contributed by atoms with van der Waals surface area (Å²) >= 11 is 0. The number of rotatable bonds is 5. The summed E-state index contributed by atoms with van der Waals surface area (Å²) in [5, 5.41) is 33.6. The van der Waals surface area contributed by atoms with Crippen molar-refractivity contribution in [3.05, 3.63) is 131 Å². The third-order valence-corrected chi connectivity index (χ3v) is 6.30. The van der Waals surface area contributed by atoms with E-state index in [0.717, 1.165) is 0 Å². The number of aliphatic hydroxyl groups is 1. The number of phenolic OH excluding ortho intramolecular Hbond substituents is 2. The molecule has 0 radical (unpaired) electrons. The predicted octanol–water partition coefficient (Wildman–Crippen LogP) is 6.50. The van der Waals surface area contributed by atoms with Gasteiger partial charge in [-0.1, -0.05) is 113 Å². The van der Waals surface area contributed by atoms with E-state index >= 15 is 0 Å². The van der Waals surface area contributed by atoms with Crippen LogP contribution in [0, 0.1) is 0 Å². The van der Waals surface area contributed by atoms with Gasteiger partial charge in [-0.15, -0.1) is 0 Å². The van der Waals surface area contributed by atoms with Gasteiger partial charge >= 0.3 is 5.97 Å². The first kappa shape index (κ1) is 32.7. The molecule has 6 heteroatoms. The van der Waals surface area contributed by atoms with Crippen LogP contribution in [0.5, 0.6) is 11.5 Å². The van der Waals surface area contributed by atoms with Gasteiger partial charge in [-0.2, -0.15) is 0 Å². The number of aliphatic hydroxyl groups excluding tert-OH is 1. The Morgan fingerprint density at radius 2 is 0.789 bits per heavy atom. The Morgan fingerprint density at radius 3 is 1.03 bits per heavy atom. The van der Waals surface area contributed by atoms with E-state index < -0.39 is 12.6 Å². The summed E-state index contributed by atoms with van der Waals surface area (Å²) in [5.74, 6) is -0.565. The Morgan fingerprint density at radius 1 is 0.553 bits per heavy atom. The van der Waals surface area contributed by atoms with Crippen LogP contribution in [0.15, 0.2) is 109 Å². The van der Waals surface area contributed by atoms with Crippen LogP contribution in [0.3, 0.4) is 0 Å². The zero-order valence-electron chi connectivity index (χ0n) is 22.3. The molecule has 0 aromatic heterocycles. The zero-order chi connectivity index (χ0) is 27.5. The topological polar surface area (TPSA) is 98.0 Å². The summed E-state index contributed by atoms with van der Waals surface area (Å²) in [4.78, 5) is 9.12. The summed E-state index contributed by atoms with van der Waals surface area (Å²) in [5.41, 5.74) is 4.90. The van der Waals surface area contributed by atoms with Crippen LogP contribution >= 0.6 is 0 Å². The monoisotopic (exact) mass is 548 g/mol. The van der Waals surface area contributed by atoms with Crippen LogP contribution in [0.2, 0.25) is 0 Å². The van der Waals surface area contributed by atoms with E-state index in [0.29, 0.717) is 11.5 Å². The molecule has 0 bridgehead atoms. The smallest absolute Gasteiger partial charge is 0.329 e. The zero-order valence-corrected chi connectivity index (χ0v) is 23.9. The van der Waals surface area contributed by atoms with Crippen LogP contribution in [0.4, 0.5) is 0 Å². The second kappa shape index (κ2) is 15.1. The first-order chi connectivity index (χ1) is 17.5. The second-order valence-electron chi connectivity index (χ2n) is 9.63. The van der Waals surface area contributed by atoms with Crippen LogP contribution in [0.1, 0.15) is 49.9 Å². The molecule has 5 nitrogen and oxygen atoms in total. The van der Waals surface area contributed by atoms with Gasteiger partial charge < -0.3 is 20.4 Å². The number of aliphatic carboxylic acids is 1. The van der Waals surface area contributed by atoms with Gasteiger partial charge in [0.1, 0.15) is 18.1 Å². The normalized spacial score (nSPS) is 10.6. The van der Waals surface area contributed by atoms with E-state index in [2.05, 4.69) is 76.2 Å². The molecule has 198 valence electrons. The van der Waals surface area contributed by atoms with Gasteiger partial charge in [-0.25, -0.2) is 4.79 Å². The fourth-order valence-electron chi connectivity index (χ4n) is 3.80. The third-order valence-electron chi connectivity index (χ3n) is 6.30. The van der Waals surface area contributed by atoms with Crippen molar-refractivity contribution >= 4 is 5.97 Å². The molecule has 0 aliphatic heterocycles. The molecule has 0 aliphatic rings. The maximum absolute atomic E-state index is 9.29. The maximum atomic E-state index is 9.29. The van der Waals surface area contributed by atoms with E-state index in [4.69, 9.17) is 15.0 Å². The van der Waals surface area contributed by atoms with Crippen molar-refractivity contribution in [1.82, 2.24) is 0 Å². The van der Waals surface area contributed by atoms with E-state index in [9.17, 15) is 10.2 Å². The molecular formula is C32H36O5Ti. The molecule has 0 aliphatic carbocycles. The van der Waals surface area contributed by atoms with Crippen LogP contribution in [0.25, 0.3) is 0 Å². The average molecular weight is 549 g/mol. The first-order valence-electron chi connectivity index (χ1n) is 12.0. The van der Waals surface area contributed by atoms with Crippen molar-refractivity contribution in [3.8, 4) is 11.5 Å². The van der Waals surface area contributed by atoms with Crippen LogP contribution < -0.4 is 0 Å². The van der Waals surface area contributed by atoms with Gasteiger partial charge in [-0.05, 0) is 46.5 Å². The van der Waals surface area contributed by atoms with E-state index in [1.807, 2.05) is 36.4 Å². The fraction of sp³-hybridized carbons (Fsp3) is 0.219. The standard InChI is InChI=1S/2C15H16O.C2H4O3.Ti/c2*1-15(2,12-6-4-3-5-7-12)13-8-10-14(16)11-9-13;3-1-2(4)5;/h2*3-11,16H,1-2H3;3H,1H2,(H,4,5);. The van der Waals surface area contributed by atoms with Crippen molar-refractivity contribution in [2.75, 3.05) is 6.61 Å². The molecule has 4 N–H and O–H groups in total. The SMILES string of the molecule is CC(C)(c1ccccc1)c1ccc(O)cc1.CC(C)(c1ccccc1)c1ccc(O)cc1.O=C(O)CO.[Ti]. The molecule has 0 spiro atoms. The Hall–Kier alpha value is -3.38. The molecule has 0 fully saturated rings. The molecular weight excluding hydrogens is 512 g/mol. The molecule has 0 amide bonds. The minimum Gasteiger partial charge on any atom is -0.508 e. The summed E-state index contributed by atoms with van der Waals surface area (Å²) < 4.78 is 0. The van der Waals surface area contributed by atoms with Gasteiger partial charge in [0.2, 0.25) is 0 Å². The summed E-state index contributed by atoms with van der Waals surface area (Å²) in [6, 6.07) is 35.6. The number of carbonyl (C=O) groups is 1. The van der Waals surface area contributed by atoms with Crippen LogP contribution in [-0.4, -0.2) is 33.0 Å². The Balaban J connectivity index is 0.000000317. The molecule has 0 unspecified atom stereocenters. The number of benzene rings is 4. The number of carboxylic acid groups (broad SMARTS) is 1. The number of phenols is 2. The first-order valence-corrected chi connectivity index (χ1v) is 12.0. The summed E-state index contributed by atoms with van der Waals surface area (Å²) in [6.45, 7) is 7.98. The third kappa shape index (κ3) is 9.49. The van der Waals surface area contributed by atoms with Crippen molar-refractivity contribution in [2.24, 2.45) is 0 Å². The molecule has 4 aromatic carbocycles. The Bertz CT molecular complexity index is 1130. The van der Waals surface area contributed by atoms with E-state index in [-0.39, 0.29) is 32.5 Å². The fourth-order valence-corrected chi connectivity index (χ4v) is 3.80. The van der Waals surface area contributed by atoms with Crippen molar-refractivity contribution in [3.63, 3.8) is 0 Å². The molecule has 0 atom stereocenters. The summed E-state index contributed by atoms with van der Waals surface area (Å²) in [7, 11) is 0. The quantitative estimate of drug-likeness (QED) is 0.214. The van der Waals surface area contributed by atoms with Crippen molar-refractivity contribution in [1.29, 1.82) is 0 Å². The molecule has 38 heavy (non-hydrogen) atoms. The molecule has 4 rings (SSSR count). The van der Waals surface area contributed by atoms with Crippen molar-refractivity contribution in [2.45, 2.75) is 38.5 Å². The average Bonchev–Trinajstić information content (AvgIpc) is 2.91. The molecule has 4 aromatic rings. The van der Waals surface area contributed by atoms with E-state index in [1.165, 1.54) is 22.3 Å².